The minimum Gasteiger partial charge on any atom is -0.493 e. The second kappa shape index (κ2) is 7.28. The van der Waals surface area contributed by atoms with Crippen LogP contribution in [0.15, 0.2) is 18.2 Å². The van der Waals surface area contributed by atoms with E-state index in [0.29, 0.717) is 17.2 Å². The van der Waals surface area contributed by atoms with Crippen LogP contribution in [-0.4, -0.2) is 46.6 Å². The smallest absolute Gasteiger partial charge is 0.241 e. The van der Waals surface area contributed by atoms with Gasteiger partial charge in [-0.2, -0.15) is 0 Å². The summed E-state index contributed by atoms with van der Waals surface area (Å²) >= 11 is 0. The Morgan fingerprint density at radius 3 is 2.43 bits per heavy atom. The Morgan fingerprint density at radius 2 is 1.90 bits per heavy atom. The van der Waals surface area contributed by atoms with E-state index in [9.17, 15) is 13.2 Å². The number of ether oxygens (including phenoxy) is 2. The molecule has 3 N–H and O–H groups in total. The van der Waals surface area contributed by atoms with Gasteiger partial charge in [-0.3, -0.25) is 4.79 Å². The van der Waals surface area contributed by atoms with Crippen molar-refractivity contribution in [3.63, 3.8) is 0 Å². The molecule has 1 unspecified atom stereocenters. The molecule has 1 amide bonds. The highest BCUT2D eigenvalue weighted by Crippen LogP contribution is 2.29. The summed E-state index contributed by atoms with van der Waals surface area (Å²) in [5, 5.41) is 2.61. The zero-order valence-electron chi connectivity index (χ0n) is 12.3. The number of nitrogens with one attached hydrogen (secondary N) is 1. The Balaban J connectivity index is 2.70. The summed E-state index contributed by atoms with van der Waals surface area (Å²) in [7, 11) is -0.143. The molecule has 1 aromatic rings. The van der Waals surface area contributed by atoms with Crippen LogP contribution in [0, 0.1) is 0 Å². The van der Waals surface area contributed by atoms with Crippen molar-refractivity contribution in [2.75, 3.05) is 31.5 Å². The third-order valence-corrected chi connectivity index (χ3v) is 3.76. The van der Waals surface area contributed by atoms with Crippen LogP contribution in [-0.2, 0) is 14.6 Å². The largest absolute Gasteiger partial charge is 0.493 e. The molecular formula is C13H20N2O5S. The molecule has 21 heavy (non-hydrogen) atoms. The topological polar surface area (TPSA) is 108 Å². The highest BCUT2D eigenvalue weighted by Gasteiger charge is 2.16. The van der Waals surface area contributed by atoms with E-state index in [1.807, 2.05) is 0 Å². The number of carbonyl (C=O) groups excluding carboxylic acids is 1. The zero-order chi connectivity index (χ0) is 16.0. The molecule has 0 fully saturated rings. The maximum absolute atomic E-state index is 11.9. The van der Waals surface area contributed by atoms with E-state index in [1.165, 1.54) is 14.2 Å². The number of amides is 1. The van der Waals surface area contributed by atoms with E-state index in [-0.39, 0.29) is 12.2 Å². The third kappa shape index (κ3) is 5.60. The van der Waals surface area contributed by atoms with Gasteiger partial charge in [-0.1, -0.05) is 0 Å². The lowest BCUT2D eigenvalue weighted by Crippen LogP contribution is -2.37. The highest BCUT2D eigenvalue weighted by molar-refractivity contribution is 7.90. The van der Waals surface area contributed by atoms with Crippen molar-refractivity contribution in [2.24, 2.45) is 5.73 Å². The van der Waals surface area contributed by atoms with Gasteiger partial charge in [0.05, 0.1) is 26.0 Å². The molecule has 0 aliphatic carbocycles. The van der Waals surface area contributed by atoms with Crippen LogP contribution in [0.25, 0.3) is 0 Å². The molecule has 0 saturated carbocycles. The van der Waals surface area contributed by atoms with Crippen LogP contribution in [0.3, 0.4) is 0 Å². The number of hydrogen-bond donors (Lipinski definition) is 2. The zero-order valence-corrected chi connectivity index (χ0v) is 13.1. The van der Waals surface area contributed by atoms with Crippen molar-refractivity contribution in [1.29, 1.82) is 0 Å². The van der Waals surface area contributed by atoms with Crippen molar-refractivity contribution in [3.05, 3.63) is 18.2 Å². The lowest BCUT2D eigenvalue weighted by Gasteiger charge is -2.13. The first kappa shape index (κ1) is 17.3. The minimum atomic E-state index is -3.14. The molecule has 0 radical (unpaired) electrons. The summed E-state index contributed by atoms with van der Waals surface area (Å²) in [5.74, 6) is 0.427. The molecule has 1 rings (SSSR count). The summed E-state index contributed by atoms with van der Waals surface area (Å²) in [5.41, 5.74) is 6.16. The number of methoxy groups -OCH3 is 2. The predicted octanol–water partition coefficient (Wildman–Crippen LogP) is 0.404. The monoisotopic (exact) mass is 316 g/mol. The lowest BCUT2D eigenvalue weighted by atomic mass is 10.2. The van der Waals surface area contributed by atoms with Gasteiger partial charge in [0.15, 0.2) is 11.5 Å². The molecule has 1 atom stereocenters. The predicted molar refractivity (Wildman–Crippen MR) is 80.5 cm³/mol. The second-order valence-corrected chi connectivity index (χ2v) is 6.84. The first-order valence-corrected chi connectivity index (χ1v) is 8.29. The Kier molecular flexibility index (Phi) is 5.98. The minimum absolute atomic E-state index is 0.0674. The molecule has 0 aliphatic rings. The fourth-order valence-electron chi connectivity index (χ4n) is 1.62. The summed E-state index contributed by atoms with van der Waals surface area (Å²) < 4.78 is 32.3. The van der Waals surface area contributed by atoms with E-state index in [4.69, 9.17) is 15.2 Å². The van der Waals surface area contributed by atoms with Gasteiger partial charge in [0, 0.05) is 18.0 Å². The summed E-state index contributed by atoms with van der Waals surface area (Å²) in [6.45, 7) is 0. The Bertz CT molecular complexity index is 601. The summed E-state index contributed by atoms with van der Waals surface area (Å²) in [6.07, 6.45) is 1.17. The van der Waals surface area contributed by atoms with Crippen molar-refractivity contribution in [3.8, 4) is 11.5 Å². The molecule has 7 nitrogen and oxygen atoms in total. The van der Waals surface area contributed by atoms with Gasteiger partial charge < -0.3 is 20.5 Å². The van der Waals surface area contributed by atoms with Gasteiger partial charge in [0.25, 0.3) is 0 Å². The van der Waals surface area contributed by atoms with Crippen LogP contribution in [0.4, 0.5) is 5.69 Å². The maximum Gasteiger partial charge on any atom is 0.241 e. The highest BCUT2D eigenvalue weighted by atomic mass is 32.2. The second-order valence-electron chi connectivity index (χ2n) is 4.58. The molecule has 0 heterocycles. The Morgan fingerprint density at radius 1 is 1.29 bits per heavy atom. The van der Waals surface area contributed by atoms with Crippen LogP contribution >= 0.6 is 0 Å². The standard InChI is InChI=1S/C13H20N2O5S/c1-19-11-5-4-9(8-12(11)20-2)15-13(16)10(14)6-7-21(3,17)18/h4-5,8,10H,6-7,14H2,1-3H3,(H,15,16). The number of sulfone groups is 1. The molecule has 0 aromatic heterocycles. The van der Waals surface area contributed by atoms with E-state index in [0.717, 1.165) is 6.26 Å². The third-order valence-electron chi connectivity index (χ3n) is 2.79. The molecule has 118 valence electrons. The van der Waals surface area contributed by atoms with Crippen molar-refractivity contribution >= 4 is 21.4 Å². The Labute approximate surface area is 124 Å². The van der Waals surface area contributed by atoms with Crippen LogP contribution < -0.4 is 20.5 Å². The summed E-state index contributed by atoms with van der Waals surface area (Å²) in [4.78, 5) is 11.9. The number of anilines is 1. The molecule has 0 aliphatic heterocycles. The van der Waals surface area contributed by atoms with Crippen molar-refractivity contribution in [1.82, 2.24) is 0 Å². The summed E-state index contributed by atoms with van der Waals surface area (Å²) in [6, 6.07) is 3.99. The van der Waals surface area contributed by atoms with Gasteiger partial charge in [0.1, 0.15) is 9.84 Å². The number of rotatable bonds is 7. The van der Waals surface area contributed by atoms with Crippen molar-refractivity contribution in [2.45, 2.75) is 12.5 Å². The van der Waals surface area contributed by atoms with Crippen LogP contribution in [0.2, 0.25) is 0 Å². The number of nitrogens with two attached hydrogens (primary N) is 1. The van der Waals surface area contributed by atoms with Gasteiger partial charge in [-0.05, 0) is 18.6 Å². The SMILES string of the molecule is COc1ccc(NC(=O)C(N)CCS(C)(=O)=O)cc1OC. The average molecular weight is 316 g/mol. The molecule has 0 spiro atoms. The van der Waals surface area contributed by atoms with E-state index < -0.39 is 21.8 Å². The number of carbonyl (C=O) groups is 1. The van der Waals surface area contributed by atoms with Gasteiger partial charge in [-0.15, -0.1) is 0 Å². The van der Waals surface area contributed by atoms with Gasteiger partial charge in [0.2, 0.25) is 5.91 Å². The van der Waals surface area contributed by atoms with Crippen molar-refractivity contribution < 1.29 is 22.7 Å². The van der Waals surface area contributed by atoms with Gasteiger partial charge >= 0.3 is 0 Å². The van der Waals surface area contributed by atoms with E-state index in [2.05, 4.69) is 5.32 Å². The normalized spacial score (nSPS) is 12.6. The molecular weight excluding hydrogens is 296 g/mol. The van der Waals surface area contributed by atoms with E-state index >= 15 is 0 Å². The molecule has 8 heteroatoms. The quantitative estimate of drug-likeness (QED) is 0.754. The first-order valence-electron chi connectivity index (χ1n) is 6.23. The lowest BCUT2D eigenvalue weighted by molar-refractivity contribution is -0.117. The first-order chi connectivity index (χ1) is 9.76. The number of hydrogen-bond acceptors (Lipinski definition) is 6. The fraction of sp³-hybridized carbons (Fsp3) is 0.462. The van der Waals surface area contributed by atoms with Crippen LogP contribution in [0.5, 0.6) is 11.5 Å². The Hall–Kier alpha value is -1.80. The molecule has 0 saturated heterocycles. The maximum atomic E-state index is 11.9. The number of benzene rings is 1. The molecule has 0 bridgehead atoms. The van der Waals surface area contributed by atoms with Gasteiger partial charge in [-0.25, -0.2) is 8.42 Å². The molecule has 1 aromatic carbocycles. The van der Waals surface area contributed by atoms with E-state index in [1.54, 1.807) is 18.2 Å². The average Bonchev–Trinajstić information content (AvgIpc) is 2.43. The van der Waals surface area contributed by atoms with Crippen LogP contribution in [0.1, 0.15) is 6.42 Å². The fourth-order valence-corrected chi connectivity index (χ4v) is 2.30.